The van der Waals surface area contributed by atoms with Gasteiger partial charge in [-0.3, -0.25) is 4.79 Å². The second kappa shape index (κ2) is 7.83. The fourth-order valence-corrected chi connectivity index (χ4v) is 4.71. The van der Waals surface area contributed by atoms with E-state index in [1.54, 1.807) is 23.1 Å². The van der Waals surface area contributed by atoms with Gasteiger partial charge in [-0.15, -0.1) is 11.3 Å². The van der Waals surface area contributed by atoms with Gasteiger partial charge < -0.3 is 10.2 Å². The van der Waals surface area contributed by atoms with E-state index in [1.807, 2.05) is 18.4 Å². The predicted molar refractivity (Wildman–Crippen MR) is 102 cm³/mol. The normalized spacial score (nSPS) is 15.4. The lowest BCUT2D eigenvalue weighted by Gasteiger charge is -2.29. The van der Waals surface area contributed by atoms with E-state index < -0.39 is 10.0 Å². The number of hydrogen-bond acceptors (Lipinski definition) is 6. The van der Waals surface area contributed by atoms with E-state index in [-0.39, 0.29) is 17.3 Å². The van der Waals surface area contributed by atoms with E-state index in [0.717, 1.165) is 33.7 Å². The first-order valence-corrected chi connectivity index (χ1v) is 10.7. The highest BCUT2D eigenvalue weighted by Gasteiger charge is 2.26. The van der Waals surface area contributed by atoms with Crippen LogP contribution < -0.4 is 5.32 Å². The van der Waals surface area contributed by atoms with Gasteiger partial charge >= 0.3 is 0 Å². The topological polar surface area (TPSA) is 82.6 Å². The van der Waals surface area contributed by atoms with Crippen LogP contribution in [-0.4, -0.2) is 68.3 Å². The second-order valence-electron chi connectivity index (χ2n) is 6.21. The van der Waals surface area contributed by atoms with Crippen LogP contribution in [0.5, 0.6) is 0 Å². The number of thiazole rings is 1. The number of piperazine rings is 1. The fourth-order valence-electron chi connectivity index (χ4n) is 2.75. The maximum atomic E-state index is 12.9. The van der Waals surface area contributed by atoms with Gasteiger partial charge in [0.25, 0.3) is 0 Å². The molecule has 1 aliphatic rings. The standard InChI is InChI=1S/C17H22N4O3S2/c1-13-12-25-17(19-13)14-4-3-5-15(10-14)26(23,24)20(2)11-16(22)21-8-6-18-7-9-21/h3-5,10,12,18H,6-9,11H2,1-2H3. The maximum absolute atomic E-state index is 12.9. The van der Waals surface area contributed by atoms with Crippen molar-refractivity contribution in [3.8, 4) is 10.6 Å². The van der Waals surface area contributed by atoms with E-state index in [1.165, 1.54) is 18.4 Å². The molecule has 1 aliphatic heterocycles. The van der Waals surface area contributed by atoms with Crippen LogP contribution >= 0.6 is 11.3 Å². The number of nitrogens with one attached hydrogen (secondary N) is 1. The minimum absolute atomic E-state index is 0.164. The monoisotopic (exact) mass is 394 g/mol. The van der Waals surface area contributed by atoms with Crippen molar-refractivity contribution in [1.29, 1.82) is 0 Å². The van der Waals surface area contributed by atoms with Crippen LogP contribution in [0.1, 0.15) is 5.69 Å². The Morgan fingerprint density at radius 1 is 1.35 bits per heavy atom. The third kappa shape index (κ3) is 4.12. The summed E-state index contributed by atoms with van der Waals surface area (Å²) in [5.41, 5.74) is 1.66. The molecule has 0 spiro atoms. The van der Waals surface area contributed by atoms with Crippen LogP contribution in [0.15, 0.2) is 34.5 Å². The number of likely N-dealkylation sites (N-methyl/N-ethyl adjacent to an activating group) is 1. The Balaban J connectivity index is 1.77. The van der Waals surface area contributed by atoms with Gasteiger partial charge in [-0.25, -0.2) is 13.4 Å². The molecule has 1 fully saturated rings. The highest BCUT2D eigenvalue weighted by molar-refractivity contribution is 7.89. The van der Waals surface area contributed by atoms with Gasteiger partial charge in [0, 0.05) is 49.9 Å². The Kier molecular flexibility index (Phi) is 5.71. The van der Waals surface area contributed by atoms with Gasteiger partial charge in [0.2, 0.25) is 15.9 Å². The molecule has 140 valence electrons. The van der Waals surface area contributed by atoms with Crippen molar-refractivity contribution in [2.75, 3.05) is 39.8 Å². The van der Waals surface area contributed by atoms with Crippen LogP contribution in [0.2, 0.25) is 0 Å². The summed E-state index contributed by atoms with van der Waals surface area (Å²) in [6.07, 6.45) is 0. The Hall–Kier alpha value is -1.81. The maximum Gasteiger partial charge on any atom is 0.243 e. The summed E-state index contributed by atoms with van der Waals surface area (Å²) >= 11 is 1.47. The molecule has 2 aromatic rings. The molecule has 0 bridgehead atoms. The first-order chi connectivity index (χ1) is 12.4. The number of sulfonamides is 1. The third-order valence-electron chi connectivity index (χ3n) is 4.24. The van der Waals surface area contributed by atoms with Crippen molar-refractivity contribution in [2.24, 2.45) is 0 Å². The number of benzene rings is 1. The van der Waals surface area contributed by atoms with Gasteiger partial charge in [0.15, 0.2) is 0 Å². The van der Waals surface area contributed by atoms with Gasteiger partial charge in [0.05, 0.1) is 11.4 Å². The van der Waals surface area contributed by atoms with Crippen LogP contribution in [0, 0.1) is 6.92 Å². The molecule has 1 aromatic heterocycles. The van der Waals surface area contributed by atoms with Crippen molar-refractivity contribution in [3.63, 3.8) is 0 Å². The number of aromatic nitrogens is 1. The minimum Gasteiger partial charge on any atom is -0.339 e. The van der Waals surface area contributed by atoms with Crippen molar-refractivity contribution in [2.45, 2.75) is 11.8 Å². The van der Waals surface area contributed by atoms with Crippen LogP contribution in [0.4, 0.5) is 0 Å². The predicted octanol–water partition coefficient (Wildman–Crippen LogP) is 1.17. The van der Waals surface area contributed by atoms with Crippen molar-refractivity contribution < 1.29 is 13.2 Å². The summed E-state index contributed by atoms with van der Waals surface area (Å²) in [6, 6.07) is 6.69. The Bertz CT molecular complexity index is 889. The number of aryl methyl sites for hydroxylation is 1. The summed E-state index contributed by atoms with van der Waals surface area (Å²) in [4.78, 5) is 18.6. The highest BCUT2D eigenvalue weighted by atomic mass is 32.2. The Morgan fingerprint density at radius 2 is 2.08 bits per heavy atom. The van der Waals surface area contributed by atoms with Crippen LogP contribution in [0.3, 0.4) is 0 Å². The highest BCUT2D eigenvalue weighted by Crippen LogP contribution is 2.26. The number of hydrogen-bond donors (Lipinski definition) is 1. The molecule has 7 nitrogen and oxygen atoms in total. The molecular weight excluding hydrogens is 372 g/mol. The molecule has 0 atom stereocenters. The van der Waals surface area contributed by atoms with Crippen molar-refractivity contribution in [3.05, 3.63) is 35.3 Å². The SMILES string of the molecule is Cc1csc(-c2cccc(S(=O)(=O)N(C)CC(=O)N3CCNCC3)c2)n1. The summed E-state index contributed by atoms with van der Waals surface area (Å²) in [5, 5.41) is 5.87. The number of rotatable bonds is 5. The molecule has 1 N–H and O–H groups in total. The van der Waals surface area contributed by atoms with Gasteiger partial charge in [-0.2, -0.15) is 4.31 Å². The molecule has 0 radical (unpaired) electrons. The van der Waals surface area contributed by atoms with E-state index in [4.69, 9.17) is 0 Å². The molecule has 1 aromatic carbocycles. The average Bonchev–Trinajstić information content (AvgIpc) is 3.09. The lowest BCUT2D eigenvalue weighted by molar-refractivity contribution is -0.131. The first kappa shape index (κ1) is 19.0. The van der Waals surface area contributed by atoms with E-state index >= 15 is 0 Å². The molecule has 9 heteroatoms. The zero-order chi connectivity index (χ0) is 18.7. The molecule has 1 amide bonds. The van der Waals surface area contributed by atoms with Crippen molar-refractivity contribution in [1.82, 2.24) is 19.5 Å². The van der Waals surface area contributed by atoms with Crippen LogP contribution in [0.25, 0.3) is 10.6 Å². The molecule has 1 saturated heterocycles. The fraction of sp³-hybridized carbons (Fsp3) is 0.412. The zero-order valence-corrected chi connectivity index (χ0v) is 16.4. The minimum atomic E-state index is -3.75. The average molecular weight is 395 g/mol. The number of carbonyl (C=O) groups is 1. The number of nitrogens with zero attached hydrogens (tertiary/aromatic N) is 3. The summed E-state index contributed by atoms with van der Waals surface area (Å²) in [7, 11) is -2.31. The lowest BCUT2D eigenvalue weighted by atomic mass is 10.2. The molecule has 0 aliphatic carbocycles. The van der Waals surface area contributed by atoms with Crippen LogP contribution in [-0.2, 0) is 14.8 Å². The van der Waals surface area contributed by atoms with Gasteiger partial charge in [-0.1, -0.05) is 12.1 Å². The molecule has 0 unspecified atom stereocenters. The largest absolute Gasteiger partial charge is 0.339 e. The third-order valence-corrected chi connectivity index (χ3v) is 7.04. The lowest BCUT2D eigenvalue weighted by Crippen LogP contribution is -2.49. The quantitative estimate of drug-likeness (QED) is 0.823. The molecule has 2 heterocycles. The summed E-state index contributed by atoms with van der Waals surface area (Å²) in [5.74, 6) is -0.177. The number of amides is 1. The van der Waals surface area contributed by atoms with E-state index in [2.05, 4.69) is 10.3 Å². The van der Waals surface area contributed by atoms with Gasteiger partial charge in [0.1, 0.15) is 5.01 Å². The molecule has 0 saturated carbocycles. The summed E-state index contributed by atoms with van der Waals surface area (Å²) in [6.45, 7) is 4.41. The Morgan fingerprint density at radius 3 is 2.73 bits per heavy atom. The van der Waals surface area contributed by atoms with Crippen molar-refractivity contribution >= 4 is 27.3 Å². The van der Waals surface area contributed by atoms with E-state index in [0.29, 0.717) is 13.1 Å². The second-order valence-corrected chi connectivity index (χ2v) is 9.12. The zero-order valence-electron chi connectivity index (χ0n) is 14.8. The van der Waals surface area contributed by atoms with E-state index in [9.17, 15) is 13.2 Å². The Labute approximate surface area is 157 Å². The summed E-state index contributed by atoms with van der Waals surface area (Å²) < 4.78 is 26.8. The molecular formula is C17H22N4O3S2. The van der Waals surface area contributed by atoms with Gasteiger partial charge in [-0.05, 0) is 19.1 Å². The molecule has 26 heavy (non-hydrogen) atoms. The smallest absolute Gasteiger partial charge is 0.243 e. The first-order valence-electron chi connectivity index (χ1n) is 8.35. The molecule has 3 rings (SSSR count). The number of carbonyl (C=O) groups excluding carboxylic acids is 1.